The lowest BCUT2D eigenvalue weighted by Crippen LogP contribution is -2.20. The number of nitrogens with zero attached hydrogens (tertiary/aromatic N) is 1. The van der Waals surface area contributed by atoms with Crippen molar-refractivity contribution in [3.8, 4) is 5.75 Å². The van der Waals surface area contributed by atoms with Gasteiger partial charge in [0.2, 0.25) is 0 Å². The molecule has 116 valence electrons. The lowest BCUT2D eigenvalue weighted by atomic mass is 10.1. The molecule has 1 heterocycles. The number of benzene rings is 2. The summed E-state index contributed by atoms with van der Waals surface area (Å²) in [4.78, 5) is 16.5. The molecule has 2 aromatic carbocycles. The third-order valence-electron chi connectivity index (χ3n) is 3.33. The molecule has 1 N–H and O–H groups in total. The summed E-state index contributed by atoms with van der Waals surface area (Å²) < 4.78 is 5.44. The number of carbonyl (C=O) groups excluding carboxylic acids is 1. The van der Waals surface area contributed by atoms with Crippen LogP contribution in [0.4, 0.5) is 5.69 Å². The summed E-state index contributed by atoms with van der Waals surface area (Å²) in [6.45, 7) is 1.86. The van der Waals surface area contributed by atoms with Crippen molar-refractivity contribution in [2.75, 3.05) is 11.9 Å². The van der Waals surface area contributed by atoms with Crippen molar-refractivity contribution in [3.63, 3.8) is 0 Å². The number of carbonyl (C=O) groups is 1. The summed E-state index contributed by atoms with van der Waals surface area (Å²) in [5.41, 5.74) is 2.51. The number of halogens is 1. The van der Waals surface area contributed by atoms with Gasteiger partial charge < -0.3 is 10.1 Å². The number of amides is 1. The van der Waals surface area contributed by atoms with Gasteiger partial charge in [0.15, 0.2) is 6.61 Å². The third kappa shape index (κ3) is 3.79. The normalized spacial score (nSPS) is 10.5. The van der Waals surface area contributed by atoms with Gasteiger partial charge in [-0.25, -0.2) is 0 Å². The molecule has 0 radical (unpaired) electrons. The molecule has 0 spiro atoms. The maximum atomic E-state index is 12.1. The second kappa shape index (κ2) is 6.67. The summed E-state index contributed by atoms with van der Waals surface area (Å²) in [7, 11) is 0. The monoisotopic (exact) mass is 326 g/mol. The fraction of sp³-hybridized carbons (Fsp3) is 0.111. The average molecular weight is 327 g/mol. The van der Waals surface area contributed by atoms with Gasteiger partial charge in [-0.2, -0.15) is 0 Å². The van der Waals surface area contributed by atoms with E-state index in [1.54, 1.807) is 24.3 Å². The summed E-state index contributed by atoms with van der Waals surface area (Å²) in [5.74, 6) is 0.368. The number of hydrogen-bond donors (Lipinski definition) is 1. The van der Waals surface area contributed by atoms with E-state index in [4.69, 9.17) is 16.3 Å². The fourth-order valence-electron chi connectivity index (χ4n) is 2.23. The van der Waals surface area contributed by atoms with E-state index in [9.17, 15) is 4.79 Å². The minimum Gasteiger partial charge on any atom is -0.484 e. The highest BCUT2D eigenvalue weighted by atomic mass is 35.5. The Kier molecular flexibility index (Phi) is 4.44. The lowest BCUT2D eigenvalue weighted by molar-refractivity contribution is -0.118. The maximum Gasteiger partial charge on any atom is 0.262 e. The molecule has 0 aliphatic carbocycles. The molecular weight excluding hydrogens is 312 g/mol. The van der Waals surface area contributed by atoms with Gasteiger partial charge in [-0.05, 0) is 55.5 Å². The first-order chi connectivity index (χ1) is 11.1. The molecule has 0 saturated carbocycles. The largest absolute Gasteiger partial charge is 0.484 e. The first-order valence-corrected chi connectivity index (χ1v) is 7.54. The molecule has 23 heavy (non-hydrogen) atoms. The van der Waals surface area contributed by atoms with Crippen LogP contribution in [0.5, 0.6) is 5.75 Å². The highest BCUT2D eigenvalue weighted by Gasteiger charge is 2.07. The van der Waals surface area contributed by atoms with Crippen LogP contribution in [0.25, 0.3) is 10.9 Å². The zero-order chi connectivity index (χ0) is 16.2. The second-order valence-electron chi connectivity index (χ2n) is 5.12. The molecule has 4 nitrogen and oxygen atoms in total. The Bertz CT molecular complexity index is 847. The summed E-state index contributed by atoms with van der Waals surface area (Å²) in [5, 5.41) is 4.38. The van der Waals surface area contributed by atoms with Crippen molar-refractivity contribution in [1.82, 2.24) is 4.98 Å². The van der Waals surface area contributed by atoms with E-state index in [2.05, 4.69) is 10.3 Å². The number of aryl methyl sites for hydroxylation is 1. The topological polar surface area (TPSA) is 51.2 Å². The van der Waals surface area contributed by atoms with Crippen molar-refractivity contribution in [2.45, 2.75) is 6.92 Å². The molecule has 0 aliphatic rings. The van der Waals surface area contributed by atoms with Crippen LogP contribution in [-0.4, -0.2) is 17.5 Å². The van der Waals surface area contributed by atoms with Crippen molar-refractivity contribution in [1.29, 1.82) is 0 Å². The van der Waals surface area contributed by atoms with Gasteiger partial charge in [0.1, 0.15) is 5.75 Å². The van der Waals surface area contributed by atoms with E-state index in [0.717, 1.165) is 22.3 Å². The van der Waals surface area contributed by atoms with Crippen LogP contribution in [0.1, 0.15) is 5.69 Å². The minimum absolute atomic E-state index is 0.0721. The van der Waals surface area contributed by atoms with E-state index in [0.29, 0.717) is 10.8 Å². The smallest absolute Gasteiger partial charge is 0.262 e. The number of fused-ring (bicyclic) bond motifs is 1. The zero-order valence-electron chi connectivity index (χ0n) is 12.5. The Morgan fingerprint density at radius 2 is 1.91 bits per heavy atom. The Morgan fingerprint density at radius 3 is 2.70 bits per heavy atom. The highest BCUT2D eigenvalue weighted by molar-refractivity contribution is 6.30. The molecule has 1 aromatic heterocycles. The molecule has 3 rings (SSSR count). The molecule has 3 aromatic rings. The van der Waals surface area contributed by atoms with Crippen molar-refractivity contribution < 1.29 is 9.53 Å². The van der Waals surface area contributed by atoms with Gasteiger partial charge >= 0.3 is 0 Å². The molecule has 0 fully saturated rings. The number of rotatable bonds is 4. The fourth-order valence-corrected chi connectivity index (χ4v) is 2.36. The predicted molar refractivity (Wildman–Crippen MR) is 92.1 cm³/mol. The van der Waals surface area contributed by atoms with Gasteiger partial charge in [0.25, 0.3) is 5.91 Å². The van der Waals surface area contributed by atoms with E-state index in [1.165, 1.54) is 0 Å². The van der Waals surface area contributed by atoms with Crippen LogP contribution in [-0.2, 0) is 4.79 Å². The minimum atomic E-state index is -0.229. The molecular formula is C18H15ClN2O2. The zero-order valence-corrected chi connectivity index (χ0v) is 13.3. The van der Waals surface area contributed by atoms with Crippen LogP contribution in [0.15, 0.2) is 54.6 Å². The number of pyridine rings is 1. The second-order valence-corrected chi connectivity index (χ2v) is 5.55. The van der Waals surface area contributed by atoms with Gasteiger partial charge in [0, 0.05) is 16.1 Å². The van der Waals surface area contributed by atoms with Gasteiger partial charge in [-0.15, -0.1) is 0 Å². The van der Waals surface area contributed by atoms with Gasteiger partial charge in [-0.3, -0.25) is 9.78 Å². The quantitative estimate of drug-likeness (QED) is 0.781. The average Bonchev–Trinajstić information content (AvgIpc) is 2.54. The molecule has 1 amide bonds. The van der Waals surface area contributed by atoms with Crippen molar-refractivity contribution >= 4 is 34.1 Å². The van der Waals surface area contributed by atoms with Crippen LogP contribution < -0.4 is 10.1 Å². The molecule has 0 aliphatic heterocycles. The van der Waals surface area contributed by atoms with Gasteiger partial charge in [0.05, 0.1) is 11.2 Å². The Balaban J connectivity index is 1.69. The molecule has 0 atom stereocenters. The Morgan fingerprint density at radius 1 is 1.13 bits per heavy atom. The number of hydrogen-bond acceptors (Lipinski definition) is 3. The van der Waals surface area contributed by atoms with E-state index in [-0.39, 0.29) is 12.5 Å². The van der Waals surface area contributed by atoms with Crippen LogP contribution in [0, 0.1) is 6.92 Å². The van der Waals surface area contributed by atoms with E-state index >= 15 is 0 Å². The number of anilines is 1. The summed E-state index contributed by atoms with van der Waals surface area (Å²) >= 11 is 5.81. The highest BCUT2D eigenvalue weighted by Crippen LogP contribution is 2.22. The summed E-state index contributed by atoms with van der Waals surface area (Å²) in [6, 6.07) is 16.4. The Labute approximate surface area is 139 Å². The predicted octanol–water partition coefficient (Wildman–Crippen LogP) is 4.21. The first kappa shape index (κ1) is 15.3. The van der Waals surface area contributed by atoms with Crippen molar-refractivity contribution in [3.05, 3.63) is 65.3 Å². The van der Waals surface area contributed by atoms with E-state index < -0.39 is 0 Å². The lowest BCUT2D eigenvalue weighted by Gasteiger charge is -2.10. The number of nitrogens with one attached hydrogen (secondary N) is 1. The van der Waals surface area contributed by atoms with Crippen molar-refractivity contribution in [2.24, 2.45) is 0 Å². The molecule has 5 heteroatoms. The number of ether oxygens (including phenoxy) is 1. The third-order valence-corrected chi connectivity index (χ3v) is 3.58. The molecule has 0 saturated heterocycles. The Hall–Kier alpha value is -2.59. The standard InChI is InChI=1S/C18H15ClN2O2/c1-12-5-10-15-16(20-12)3-2-4-17(15)21-18(22)11-23-14-8-6-13(19)7-9-14/h2-10H,11H2,1H3,(H,21,22). The van der Waals surface area contributed by atoms with Crippen LogP contribution in [0.3, 0.4) is 0 Å². The van der Waals surface area contributed by atoms with Crippen LogP contribution >= 0.6 is 11.6 Å². The maximum absolute atomic E-state index is 12.1. The van der Waals surface area contributed by atoms with E-state index in [1.807, 2.05) is 37.3 Å². The first-order valence-electron chi connectivity index (χ1n) is 7.16. The number of aromatic nitrogens is 1. The molecule has 0 unspecified atom stereocenters. The van der Waals surface area contributed by atoms with Gasteiger partial charge in [-0.1, -0.05) is 17.7 Å². The summed E-state index contributed by atoms with van der Waals surface area (Å²) in [6.07, 6.45) is 0. The SMILES string of the molecule is Cc1ccc2c(NC(=O)COc3ccc(Cl)cc3)cccc2n1. The van der Waals surface area contributed by atoms with Crippen LogP contribution in [0.2, 0.25) is 5.02 Å². The molecule has 0 bridgehead atoms.